The van der Waals surface area contributed by atoms with Crippen LogP contribution in [0.3, 0.4) is 0 Å². The molecular weight excluding hydrogens is 144 g/mol. The van der Waals surface area contributed by atoms with Gasteiger partial charge >= 0.3 is 0 Å². The summed E-state index contributed by atoms with van der Waals surface area (Å²) in [5.74, 6) is 0.693. The summed E-state index contributed by atoms with van der Waals surface area (Å²) < 4.78 is 4.92. The molecular formula is C7H8N2O2. The highest BCUT2D eigenvalue weighted by Gasteiger charge is 1.95. The number of ether oxygens (including phenoxy) is 1. The fourth-order valence-electron chi connectivity index (χ4n) is 0.736. The minimum absolute atomic E-state index is 0.0944. The number of aromatic nitrogens is 1. The van der Waals surface area contributed by atoms with Crippen LogP contribution in [0.5, 0.6) is 5.75 Å². The molecule has 4 heteroatoms. The third-order valence-electron chi connectivity index (χ3n) is 1.25. The van der Waals surface area contributed by atoms with E-state index >= 15 is 0 Å². The summed E-state index contributed by atoms with van der Waals surface area (Å²) >= 11 is 0. The lowest BCUT2D eigenvalue weighted by Crippen LogP contribution is -1.88. The van der Waals surface area contributed by atoms with E-state index in [9.17, 15) is 4.91 Å². The summed E-state index contributed by atoms with van der Waals surface area (Å²) in [5, 5.41) is 2.71. The largest absolute Gasteiger partial charge is 0.497 e. The SMILES string of the molecule is COc1ccnc(CN=O)c1. The number of nitroso groups, excluding NO2 is 1. The van der Waals surface area contributed by atoms with Crippen molar-refractivity contribution in [3.8, 4) is 5.75 Å². The Morgan fingerprint density at radius 2 is 2.55 bits per heavy atom. The molecule has 0 bridgehead atoms. The number of hydrogen-bond acceptors (Lipinski definition) is 4. The lowest BCUT2D eigenvalue weighted by molar-refractivity contribution is 0.413. The molecule has 0 aliphatic rings. The second-order valence-corrected chi connectivity index (χ2v) is 1.97. The first kappa shape index (κ1) is 7.65. The van der Waals surface area contributed by atoms with Gasteiger partial charge in [-0.2, -0.15) is 4.91 Å². The van der Waals surface area contributed by atoms with Gasteiger partial charge in [0.25, 0.3) is 0 Å². The number of hydrogen-bond donors (Lipinski definition) is 0. The molecule has 0 N–H and O–H groups in total. The first-order valence-corrected chi connectivity index (χ1v) is 3.15. The summed E-state index contributed by atoms with van der Waals surface area (Å²) in [5.41, 5.74) is 0.624. The van der Waals surface area contributed by atoms with Crippen molar-refractivity contribution in [2.24, 2.45) is 5.18 Å². The highest BCUT2D eigenvalue weighted by molar-refractivity contribution is 5.22. The third-order valence-corrected chi connectivity index (χ3v) is 1.25. The van der Waals surface area contributed by atoms with Gasteiger partial charge in [-0.05, 0) is 6.07 Å². The second kappa shape index (κ2) is 3.65. The molecule has 1 heterocycles. The van der Waals surface area contributed by atoms with Gasteiger partial charge in [0, 0.05) is 12.3 Å². The Bertz CT molecular complexity index is 250. The van der Waals surface area contributed by atoms with Crippen LogP contribution in [-0.4, -0.2) is 12.1 Å². The molecule has 4 nitrogen and oxygen atoms in total. The van der Waals surface area contributed by atoms with E-state index in [4.69, 9.17) is 4.74 Å². The van der Waals surface area contributed by atoms with E-state index in [1.54, 1.807) is 25.4 Å². The normalized spacial score (nSPS) is 9.18. The van der Waals surface area contributed by atoms with E-state index in [0.717, 1.165) is 0 Å². The zero-order valence-corrected chi connectivity index (χ0v) is 6.15. The van der Waals surface area contributed by atoms with E-state index < -0.39 is 0 Å². The minimum Gasteiger partial charge on any atom is -0.497 e. The minimum atomic E-state index is 0.0944. The van der Waals surface area contributed by atoms with E-state index in [-0.39, 0.29) is 6.54 Å². The van der Waals surface area contributed by atoms with Crippen LogP contribution in [0.4, 0.5) is 0 Å². The Kier molecular flexibility index (Phi) is 2.54. The molecule has 0 atom stereocenters. The molecule has 1 aromatic heterocycles. The summed E-state index contributed by atoms with van der Waals surface area (Å²) in [6.45, 7) is 0.0944. The summed E-state index contributed by atoms with van der Waals surface area (Å²) in [4.78, 5) is 13.7. The summed E-state index contributed by atoms with van der Waals surface area (Å²) in [6, 6.07) is 3.40. The smallest absolute Gasteiger partial charge is 0.123 e. The van der Waals surface area contributed by atoms with Crippen molar-refractivity contribution in [1.29, 1.82) is 0 Å². The average Bonchev–Trinajstić information content (AvgIpc) is 2.06. The van der Waals surface area contributed by atoms with Gasteiger partial charge in [0.05, 0.1) is 12.8 Å². The number of nitrogens with zero attached hydrogens (tertiary/aromatic N) is 2. The molecule has 0 spiro atoms. The zero-order valence-electron chi connectivity index (χ0n) is 6.15. The van der Waals surface area contributed by atoms with Crippen molar-refractivity contribution in [1.82, 2.24) is 4.98 Å². The first-order valence-electron chi connectivity index (χ1n) is 3.15. The Morgan fingerprint density at radius 3 is 3.18 bits per heavy atom. The van der Waals surface area contributed by atoms with Gasteiger partial charge in [-0.1, -0.05) is 5.18 Å². The molecule has 1 aromatic rings. The maximum absolute atomic E-state index is 9.84. The van der Waals surface area contributed by atoms with Crippen molar-refractivity contribution in [3.63, 3.8) is 0 Å². The first-order chi connectivity index (χ1) is 5.36. The highest BCUT2D eigenvalue weighted by Crippen LogP contribution is 2.09. The van der Waals surface area contributed by atoms with Gasteiger partial charge in [0.2, 0.25) is 0 Å². The average molecular weight is 152 g/mol. The predicted molar refractivity (Wildman–Crippen MR) is 40.3 cm³/mol. The van der Waals surface area contributed by atoms with Crippen molar-refractivity contribution < 1.29 is 4.74 Å². The molecule has 0 aromatic carbocycles. The molecule has 0 saturated carbocycles. The fraction of sp³-hybridized carbons (Fsp3) is 0.286. The van der Waals surface area contributed by atoms with Gasteiger partial charge in [0.1, 0.15) is 12.3 Å². The van der Waals surface area contributed by atoms with E-state index in [0.29, 0.717) is 11.4 Å². The van der Waals surface area contributed by atoms with Gasteiger partial charge in [-0.3, -0.25) is 4.98 Å². The Balaban J connectivity index is 2.82. The van der Waals surface area contributed by atoms with Gasteiger partial charge in [-0.15, -0.1) is 0 Å². The molecule has 0 amide bonds. The quantitative estimate of drug-likeness (QED) is 0.614. The molecule has 0 saturated heterocycles. The third kappa shape index (κ3) is 2.00. The van der Waals surface area contributed by atoms with Crippen LogP contribution >= 0.6 is 0 Å². The van der Waals surface area contributed by atoms with Crippen LogP contribution in [-0.2, 0) is 6.54 Å². The number of rotatable bonds is 3. The molecule has 0 aliphatic heterocycles. The van der Waals surface area contributed by atoms with Gasteiger partial charge in [-0.25, -0.2) is 0 Å². The van der Waals surface area contributed by atoms with E-state index in [2.05, 4.69) is 10.2 Å². The monoisotopic (exact) mass is 152 g/mol. The Labute approximate surface area is 64.2 Å². The fourth-order valence-corrected chi connectivity index (χ4v) is 0.736. The van der Waals surface area contributed by atoms with Crippen molar-refractivity contribution in [2.45, 2.75) is 6.54 Å². The predicted octanol–water partition coefficient (Wildman–Crippen LogP) is 1.36. The second-order valence-electron chi connectivity index (χ2n) is 1.97. The molecule has 0 aliphatic carbocycles. The van der Waals surface area contributed by atoms with E-state index in [1.165, 1.54) is 0 Å². The van der Waals surface area contributed by atoms with Crippen LogP contribution in [0, 0.1) is 4.91 Å². The van der Waals surface area contributed by atoms with Crippen LogP contribution in [0.2, 0.25) is 0 Å². The Hall–Kier alpha value is -1.45. The standard InChI is InChI=1S/C7H8N2O2/c1-11-7-2-3-8-6(4-7)5-9-10/h2-4H,5H2,1H3. The van der Waals surface area contributed by atoms with Crippen molar-refractivity contribution in [2.75, 3.05) is 7.11 Å². The highest BCUT2D eigenvalue weighted by atomic mass is 16.5. The van der Waals surface area contributed by atoms with Gasteiger partial charge < -0.3 is 4.74 Å². The van der Waals surface area contributed by atoms with Crippen LogP contribution in [0.15, 0.2) is 23.5 Å². The molecule has 11 heavy (non-hydrogen) atoms. The molecule has 0 unspecified atom stereocenters. The molecule has 0 radical (unpaired) electrons. The van der Waals surface area contributed by atoms with E-state index in [1.807, 2.05) is 0 Å². The lowest BCUT2D eigenvalue weighted by Gasteiger charge is -1.98. The maximum Gasteiger partial charge on any atom is 0.123 e. The number of methoxy groups -OCH3 is 1. The van der Waals surface area contributed by atoms with Crippen LogP contribution < -0.4 is 4.74 Å². The van der Waals surface area contributed by atoms with Crippen molar-refractivity contribution >= 4 is 0 Å². The number of pyridine rings is 1. The van der Waals surface area contributed by atoms with Gasteiger partial charge in [0.15, 0.2) is 0 Å². The molecule has 1 rings (SSSR count). The topological polar surface area (TPSA) is 51.6 Å². The Morgan fingerprint density at radius 1 is 1.73 bits per heavy atom. The molecule has 58 valence electrons. The van der Waals surface area contributed by atoms with Crippen molar-refractivity contribution in [3.05, 3.63) is 28.9 Å². The van der Waals surface area contributed by atoms with Crippen LogP contribution in [0.1, 0.15) is 5.69 Å². The lowest BCUT2D eigenvalue weighted by atomic mass is 10.3. The zero-order chi connectivity index (χ0) is 8.10. The molecule has 0 fully saturated rings. The van der Waals surface area contributed by atoms with Crippen LogP contribution in [0.25, 0.3) is 0 Å². The maximum atomic E-state index is 9.84. The summed E-state index contributed by atoms with van der Waals surface area (Å²) in [6.07, 6.45) is 1.58. The summed E-state index contributed by atoms with van der Waals surface area (Å²) in [7, 11) is 1.56.